The van der Waals surface area contributed by atoms with Crippen LogP contribution in [0.5, 0.6) is 0 Å². The van der Waals surface area contributed by atoms with Crippen molar-refractivity contribution >= 4 is 11.9 Å². The van der Waals surface area contributed by atoms with Crippen molar-refractivity contribution in [3.8, 4) is 0 Å². The Morgan fingerprint density at radius 2 is 2.00 bits per heavy atom. The van der Waals surface area contributed by atoms with E-state index in [9.17, 15) is 9.59 Å². The number of hydrogen-bond acceptors (Lipinski definition) is 6. The lowest BCUT2D eigenvalue weighted by molar-refractivity contribution is -0.147. The molecule has 0 spiro atoms. The highest BCUT2D eigenvalue weighted by Gasteiger charge is 2.29. The molecular formula is C15H27NO5. The summed E-state index contributed by atoms with van der Waals surface area (Å²) in [5, 5.41) is 0. The first-order valence-corrected chi connectivity index (χ1v) is 7.49. The van der Waals surface area contributed by atoms with E-state index in [4.69, 9.17) is 14.2 Å². The number of carbonyl (C=O) groups is 2. The summed E-state index contributed by atoms with van der Waals surface area (Å²) < 4.78 is 15.2. The maximum absolute atomic E-state index is 11.7. The Morgan fingerprint density at radius 3 is 2.52 bits per heavy atom. The monoisotopic (exact) mass is 301 g/mol. The van der Waals surface area contributed by atoms with Gasteiger partial charge in [0, 0.05) is 25.7 Å². The van der Waals surface area contributed by atoms with Crippen LogP contribution in [0.3, 0.4) is 0 Å². The molecule has 1 aliphatic heterocycles. The number of carbonyl (C=O) groups excluding carboxylic acids is 2. The van der Waals surface area contributed by atoms with Crippen molar-refractivity contribution in [2.45, 2.75) is 45.3 Å². The Labute approximate surface area is 126 Å². The first-order valence-electron chi connectivity index (χ1n) is 7.49. The van der Waals surface area contributed by atoms with Crippen LogP contribution in [0.2, 0.25) is 0 Å². The standard InChI is InChI=1S/C15H27NO5/c1-11(15(18)20-4)12(2)16(8-7-14(17)19-3)10-13-6-5-9-21-13/h11-13H,5-10H2,1-4H3. The molecule has 1 fully saturated rings. The average Bonchev–Trinajstić information content (AvgIpc) is 3.01. The molecule has 21 heavy (non-hydrogen) atoms. The Balaban J connectivity index is 2.64. The van der Waals surface area contributed by atoms with E-state index in [0.717, 1.165) is 26.0 Å². The van der Waals surface area contributed by atoms with Crippen LogP contribution in [0.4, 0.5) is 0 Å². The Bertz CT molecular complexity index is 341. The fourth-order valence-corrected chi connectivity index (χ4v) is 2.55. The summed E-state index contributed by atoms with van der Waals surface area (Å²) in [4.78, 5) is 25.2. The number of methoxy groups -OCH3 is 2. The van der Waals surface area contributed by atoms with Crippen molar-refractivity contribution < 1.29 is 23.8 Å². The fourth-order valence-electron chi connectivity index (χ4n) is 2.55. The lowest BCUT2D eigenvalue weighted by Crippen LogP contribution is -2.45. The number of hydrogen-bond donors (Lipinski definition) is 0. The molecule has 1 heterocycles. The van der Waals surface area contributed by atoms with E-state index < -0.39 is 0 Å². The highest BCUT2D eigenvalue weighted by molar-refractivity contribution is 5.72. The summed E-state index contributed by atoms with van der Waals surface area (Å²) in [6, 6.07) is -0.0219. The van der Waals surface area contributed by atoms with Crippen molar-refractivity contribution in [2.24, 2.45) is 5.92 Å². The SMILES string of the molecule is COC(=O)CCN(CC1CCCO1)C(C)C(C)C(=O)OC. The molecule has 1 saturated heterocycles. The van der Waals surface area contributed by atoms with Crippen molar-refractivity contribution in [3.05, 3.63) is 0 Å². The third-order valence-electron chi connectivity index (χ3n) is 4.17. The molecule has 0 bridgehead atoms. The molecular weight excluding hydrogens is 274 g/mol. The maximum Gasteiger partial charge on any atom is 0.309 e. The van der Waals surface area contributed by atoms with Crippen LogP contribution < -0.4 is 0 Å². The summed E-state index contributed by atoms with van der Waals surface area (Å²) in [6.07, 6.45) is 2.57. The normalized spacial score (nSPS) is 21.1. The predicted molar refractivity (Wildman–Crippen MR) is 77.8 cm³/mol. The summed E-state index contributed by atoms with van der Waals surface area (Å²) >= 11 is 0. The minimum atomic E-state index is -0.256. The molecule has 122 valence electrons. The van der Waals surface area contributed by atoms with E-state index >= 15 is 0 Å². The first kappa shape index (κ1) is 17.9. The Hall–Kier alpha value is -1.14. The van der Waals surface area contributed by atoms with Crippen LogP contribution in [0.25, 0.3) is 0 Å². The van der Waals surface area contributed by atoms with E-state index in [-0.39, 0.29) is 30.0 Å². The molecule has 0 aliphatic carbocycles. The number of esters is 2. The summed E-state index contributed by atoms with van der Waals surface area (Å²) in [5.41, 5.74) is 0. The van der Waals surface area contributed by atoms with Crippen LogP contribution >= 0.6 is 0 Å². The van der Waals surface area contributed by atoms with E-state index in [1.807, 2.05) is 13.8 Å². The van der Waals surface area contributed by atoms with Gasteiger partial charge in [0.25, 0.3) is 0 Å². The van der Waals surface area contributed by atoms with Gasteiger partial charge in [-0.3, -0.25) is 14.5 Å². The minimum Gasteiger partial charge on any atom is -0.469 e. The highest BCUT2D eigenvalue weighted by Crippen LogP contribution is 2.19. The molecule has 0 aromatic rings. The molecule has 3 unspecified atom stereocenters. The maximum atomic E-state index is 11.7. The van der Waals surface area contributed by atoms with Crippen molar-refractivity contribution in [1.82, 2.24) is 4.90 Å². The van der Waals surface area contributed by atoms with Gasteiger partial charge in [-0.2, -0.15) is 0 Å². The van der Waals surface area contributed by atoms with Crippen LogP contribution in [-0.2, 0) is 23.8 Å². The molecule has 1 aliphatic rings. The quantitative estimate of drug-likeness (QED) is 0.628. The van der Waals surface area contributed by atoms with Gasteiger partial charge in [-0.1, -0.05) is 6.92 Å². The van der Waals surface area contributed by atoms with Crippen LogP contribution in [0.1, 0.15) is 33.1 Å². The largest absolute Gasteiger partial charge is 0.469 e. The molecule has 0 N–H and O–H groups in total. The molecule has 0 saturated carbocycles. The number of nitrogens with zero attached hydrogens (tertiary/aromatic N) is 1. The van der Waals surface area contributed by atoms with Gasteiger partial charge in [0.05, 0.1) is 32.7 Å². The van der Waals surface area contributed by atoms with Gasteiger partial charge in [0.1, 0.15) is 0 Å². The smallest absolute Gasteiger partial charge is 0.309 e. The van der Waals surface area contributed by atoms with E-state index in [1.165, 1.54) is 14.2 Å². The Kier molecular flexibility index (Phi) is 7.67. The second-order valence-electron chi connectivity index (χ2n) is 5.51. The molecule has 6 heteroatoms. The van der Waals surface area contributed by atoms with Gasteiger partial charge in [-0.05, 0) is 19.8 Å². The van der Waals surface area contributed by atoms with Crippen molar-refractivity contribution in [3.63, 3.8) is 0 Å². The lowest BCUT2D eigenvalue weighted by Gasteiger charge is -2.33. The second-order valence-corrected chi connectivity index (χ2v) is 5.51. The van der Waals surface area contributed by atoms with E-state index in [1.54, 1.807) is 0 Å². The number of rotatable bonds is 8. The zero-order valence-electron chi connectivity index (χ0n) is 13.5. The van der Waals surface area contributed by atoms with Crippen molar-refractivity contribution in [1.29, 1.82) is 0 Å². The third kappa shape index (κ3) is 5.63. The topological polar surface area (TPSA) is 65.1 Å². The minimum absolute atomic E-state index is 0.0219. The van der Waals surface area contributed by atoms with E-state index in [2.05, 4.69) is 4.90 Å². The molecule has 1 rings (SSSR count). The molecule has 3 atom stereocenters. The average molecular weight is 301 g/mol. The van der Waals surface area contributed by atoms with E-state index in [0.29, 0.717) is 13.0 Å². The zero-order chi connectivity index (χ0) is 15.8. The first-order chi connectivity index (χ1) is 9.99. The van der Waals surface area contributed by atoms with Gasteiger partial charge in [0.15, 0.2) is 0 Å². The molecule has 0 radical (unpaired) electrons. The summed E-state index contributed by atoms with van der Waals surface area (Å²) in [6.45, 7) is 5.88. The van der Waals surface area contributed by atoms with Crippen LogP contribution in [-0.4, -0.2) is 62.9 Å². The highest BCUT2D eigenvalue weighted by atomic mass is 16.5. The van der Waals surface area contributed by atoms with Gasteiger partial charge >= 0.3 is 11.9 Å². The lowest BCUT2D eigenvalue weighted by atomic mass is 10.0. The molecule has 0 amide bonds. The fraction of sp³-hybridized carbons (Fsp3) is 0.867. The predicted octanol–water partition coefficient (Wildman–Crippen LogP) is 1.23. The van der Waals surface area contributed by atoms with Crippen LogP contribution in [0.15, 0.2) is 0 Å². The summed E-state index contributed by atoms with van der Waals surface area (Å²) in [5.74, 6) is -0.739. The Morgan fingerprint density at radius 1 is 1.29 bits per heavy atom. The second kappa shape index (κ2) is 9.00. The number of ether oxygens (including phenoxy) is 3. The van der Waals surface area contributed by atoms with Gasteiger partial charge in [-0.25, -0.2) is 0 Å². The third-order valence-corrected chi connectivity index (χ3v) is 4.17. The van der Waals surface area contributed by atoms with Gasteiger partial charge in [0.2, 0.25) is 0 Å². The molecule has 6 nitrogen and oxygen atoms in total. The van der Waals surface area contributed by atoms with Gasteiger partial charge < -0.3 is 14.2 Å². The summed E-state index contributed by atoms with van der Waals surface area (Å²) in [7, 11) is 2.78. The van der Waals surface area contributed by atoms with Crippen molar-refractivity contribution in [2.75, 3.05) is 33.9 Å². The molecule has 0 aromatic heterocycles. The zero-order valence-corrected chi connectivity index (χ0v) is 13.5. The molecule has 0 aromatic carbocycles. The van der Waals surface area contributed by atoms with Crippen LogP contribution in [0, 0.1) is 5.92 Å². The van der Waals surface area contributed by atoms with Gasteiger partial charge in [-0.15, -0.1) is 0 Å².